The highest BCUT2D eigenvalue weighted by Crippen LogP contribution is 2.08. The lowest BCUT2D eigenvalue weighted by atomic mass is 10.2. The summed E-state index contributed by atoms with van der Waals surface area (Å²) in [5.74, 6) is -0.560. The molecule has 2 amide bonds. The summed E-state index contributed by atoms with van der Waals surface area (Å²) in [5, 5.41) is 5.08. The van der Waals surface area contributed by atoms with E-state index in [1.165, 1.54) is 0 Å². The zero-order valence-corrected chi connectivity index (χ0v) is 11.2. The third kappa shape index (κ3) is 3.98. The Morgan fingerprint density at radius 3 is 2.50 bits per heavy atom. The molecule has 2 N–H and O–H groups in total. The van der Waals surface area contributed by atoms with Crippen LogP contribution in [0.3, 0.4) is 0 Å². The molecule has 0 aliphatic rings. The normalized spacial score (nSPS) is 10.1. The van der Waals surface area contributed by atoms with E-state index >= 15 is 0 Å². The Bertz CT molecular complexity index is 574. The molecule has 0 aliphatic carbocycles. The summed E-state index contributed by atoms with van der Waals surface area (Å²) in [7, 11) is 0. The van der Waals surface area contributed by atoms with Crippen LogP contribution in [0.1, 0.15) is 11.3 Å². The number of amides is 2. The van der Waals surface area contributed by atoms with Gasteiger partial charge in [-0.05, 0) is 31.2 Å². The standard InChI is InChI=1S/C15H16N2O3/c1-11-4-6-12(7-5-11)17-15(19)14(18)16-9-8-13-3-2-10-20-13/h2-7,10H,8-9H2,1H3,(H,16,18)(H,17,19). The van der Waals surface area contributed by atoms with E-state index in [0.717, 1.165) is 11.3 Å². The lowest BCUT2D eigenvalue weighted by Gasteiger charge is -2.06. The van der Waals surface area contributed by atoms with E-state index in [-0.39, 0.29) is 0 Å². The lowest BCUT2D eigenvalue weighted by Crippen LogP contribution is -2.36. The number of rotatable bonds is 4. The fourth-order valence-electron chi connectivity index (χ4n) is 1.66. The van der Waals surface area contributed by atoms with Crippen molar-refractivity contribution in [3.63, 3.8) is 0 Å². The van der Waals surface area contributed by atoms with Gasteiger partial charge in [0.15, 0.2) is 0 Å². The van der Waals surface area contributed by atoms with Crippen LogP contribution >= 0.6 is 0 Å². The van der Waals surface area contributed by atoms with Crippen LogP contribution in [-0.2, 0) is 16.0 Å². The molecule has 0 aliphatic heterocycles. The molecule has 1 heterocycles. The van der Waals surface area contributed by atoms with Crippen LogP contribution in [0.2, 0.25) is 0 Å². The van der Waals surface area contributed by atoms with Crippen LogP contribution in [0.4, 0.5) is 5.69 Å². The summed E-state index contributed by atoms with van der Waals surface area (Å²) in [6.07, 6.45) is 2.12. The molecule has 0 bridgehead atoms. The molecule has 5 heteroatoms. The van der Waals surface area contributed by atoms with Gasteiger partial charge >= 0.3 is 11.8 Å². The maximum absolute atomic E-state index is 11.6. The first-order valence-corrected chi connectivity index (χ1v) is 6.33. The molecular formula is C15H16N2O3. The molecule has 104 valence electrons. The van der Waals surface area contributed by atoms with Crippen molar-refractivity contribution in [2.24, 2.45) is 0 Å². The highest BCUT2D eigenvalue weighted by molar-refractivity contribution is 6.39. The zero-order valence-electron chi connectivity index (χ0n) is 11.2. The summed E-state index contributed by atoms with van der Waals surface area (Å²) in [4.78, 5) is 23.2. The monoisotopic (exact) mass is 272 g/mol. The van der Waals surface area contributed by atoms with Crippen LogP contribution in [-0.4, -0.2) is 18.4 Å². The van der Waals surface area contributed by atoms with Crippen LogP contribution in [0.15, 0.2) is 47.1 Å². The van der Waals surface area contributed by atoms with Crippen molar-refractivity contribution in [2.45, 2.75) is 13.3 Å². The minimum atomic E-state index is -0.673. The summed E-state index contributed by atoms with van der Waals surface area (Å²) in [6, 6.07) is 10.8. The Labute approximate surface area is 117 Å². The van der Waals surface area contributed by atoms with Crippen molar-refractivity contribution in [1.82, 2.24) is 5.32 Å². The quantitative estimate of drug-likeness (QED) is 0.835. The van der Waals surface area contributed by atoms with Gasteiger partial charge in [0.1, 0.15) is 5.76 Å². The van der Waals surface area contributed by atoms with Gasteiger partial charge in [-0.25, -0.2) is 0 Å². The molecule has 2 rings (SSSR count). The van der Waals surface area contributed by atoms with Crippen molar-refractivity contribution in [3.05, 3.63) is 54.0 Å². The fourth-order valence-corrected chi connectivity index (χ4v) is 1.66. The Hall–Kier alpha value is -2.56. The van der Waals surface area contributed by atoms with Gasteiger partial charge in [-0.1, -0.05) is 17.7 Å². The van der Waals surface area contributed by atoms with E-state index in [4.69, 9.17) is 4.42 Å². The molecule has 0 radical (unpaired) electrons. The minimum absolute atomic E-state index is 0.355. The van der Waals surface area contributed by atoms with Gasteiger partial charge in [-0.3, -0.25) is 9.59 Å². The van der Waals surface area contributed by atoms with Crippen molar-refractivity contribution in [3.8, 4) is 0 Å². The molecule has 5 nitrogen and oxygen atoms in total. The number of anilines is 1. The molecule has 1 aromatic carbocycles. The van der Waals surface area contributed by atoms with Gasteiger partial charge in [0, 0.05) is 18.7 Å². The molecule has 0 atom stereocenters. The second-order valence-electron chi connectivity index (χ2n) is 4.41. The number of nitrogens with one attached hydrogen (secondary N) is 2. The summed E-state index contributed by atoms with van der Waals surface area (Å²) < 4.78 is 5.13. The highest BCUT2D eigenvalue weighted by atomic mass is 16.3. The number of benzene rings is 1. The Balaban J connectivity index is 1.77. The van der Waals surface area contributed by atoms with E-state index < -0.39 is 11.8 Å². The maximum Gasteiger partial charge on any atom is 0.313 e. The first-order chi connectivity index (χ1) is 9.65. The number of hydrogen-bond donors (Lipinski definition) is 2. The van der Waals surface area contributed by atoms with E-state index in [0.29, 0.717) is 18.7 Å². The zero-order chi connectivity index (χ0) is 14.4. The molecule has 0 unspecified atom stereocenters. The SMILES string of the molecule is Cc1ccc(NC(=O)C(=O)NCCc2ccco2)cc1. The smallest absolute Gasteiger partial charge is 0.313 e. The van der Waals surface area contributed by atoms with Gasteiger partial charge < -0.3 is 15.1 Å². The largest absolute Gasteiger partial charge is 0.469 e. The van der Waals surface area contributed by atoms with Crippen LogP contribution in [0.5, 0.6) is 0 Å². The Morgan fingerprint density at radius 2 is 1.85 bits per heavy atom. The van der Waals surface area contributed by atoms with Gasteiger partial charge in [0.2, 0.25) is 0 Å². The first kappa shape index (κ1) is 13.9. The van der Waals surface area contributed by atoms with Gasteiger partial charge in [-0.15, -0.1) is 0 Å². The molecule has 1 aromatic heterocycles. The van der Waals surface area contributed by atoms with E-state index in [9.17, 15) is 9.59 Å². The van der Waals surface area contributed by atoms with E-state index in [1.54, 1.807) is 24.5 Å². The molecular weight excluding hydrogens is 256 g/mol. The summed E-state index contributed by atoms with van der Waals surface area (Å²) in [6.45, 7) is 2.31. The van der Waals surface area contributed by atoms with Gasteiger partial charge in [0.25, 0.3) is 0 Å². The van der Waals surface area contributed by atoms with E-state index in [1.807, 2.05) is 25.1 Å². The molecule has 0 saturated carbocycles. The van der Waals surface area contributed by atoms with E-state index in [2.05, 4.69) is 10.6 Å². The number of hydrogen-bond acceptors (Lipinski definition) is 3. The predicted molar refractivity (Wildman–Crippen MR) is 75.2 cm³/mol. The average Bonchev–Trinajstić information content (AvgIpc) is 2.94. The number of carbonyl (C=O) groups is 2. The number of aryl methyl sites for hydroxylation is 1. The van der Waals surface area contributed by atoms with Crippen molar-refractivity contribution in [1.29, 1.82) is 0 Å². The lowest BCUT2D eigenvalue weighted by molar-refractivity contribution is -0.136. The Morgan fingerprint density at radius 1 is 1.10 bits per heavy atom. The number of carbonyl (C=O) groups excluding carboxylic acids is 2. The maximum atomic E-state index is 11.6. The third-order valence-electron chi connectivity index (χ3n) is 2.75. The van der Waals surface area contributed by atoms with Gasteiger partial charge in [0.05, 0.1) is 6.26 Å². The molecule has 20 heavy (non-hydrogen) atoms. The van der Waals surface area contributed by atoms with Crippen LogP contribution < -0.4 is 10.6 Å². The first-order valence-electron chi connectivity index (χ1n) is 6.33. The van der Waals surface area contributed by atoms with Crippen molar-refractivity contribution < 1.29 is 14.0 Å². The summed E-state index contributed by atoms with van der Waals surface area (Å²) >= 11 is 0. The predicted octanol–water partition coefficient (Wildman–Crippen LogP) is 1.89. The fraction of sp³-hybridized carbons (Fsp3) is 0.200. The second-order valence-corrected chi connectivity index (χ2v) is 4.41. The second kappa shape index (κ2) is 6.56. The minimum Gasteiger partial charge on any atom is -0.469 e. The van der Waals surface area contributed by atoms with Crippen molar-refractivity contribution >= 4 is 17.5 Å². The number of furan rings is 1. The van der Waals surface area contributed by atoms with Crippen LogP contribution in [0.25, 0.3) is 0 Å². The third-order valence-corrected chi connectivity index (χ3v) is 2.75. The van der Waals surface area contributed by atoms with Crippen molar-refractivity contribution in [2.75, 3.05) is 11.9 Å². The molecule has 0 saturated heterocycles. The Kier molecular flexibility index (Phi) is 4.55. The molecule has 0 fully saturated rings. The van der Waals surface area contributed by atoms with Gasteiger partial charge in [-0.2, -0.15) is 0 Å². The summed E-state index contributed by atoms with van der Waals surface area (Å²) in [5.41, 5.74) is 1.69. The average molecular weight is 272 g/mol. The molecule has 2 aromatic rings. The molecule has 0 spiro atoms. The van der Waals surface area contributed by atoms with Crippen LogP contribution in [0, 0.1) is 6.92 Å². The topological polar surface area (TPSA) is 71.3 Å². The highest BCUT2D eigenvalue weighted by Gasteiger charge is 2.13.